The van der Waals surface area contributed by atoms with E-state index in [1.165, 1.54) is 131 Å². The number of nitrogens with zero attached hydrogens (tertiary/aromatic N) is 5. The van der Waals surface area contributed by atoms with Gasteiger partial charge in [-0.3, -0.25) is 4.57 Å². The first-order valence-electron chi connectivity index (χ1n) is 35.4. The topological polar surface area (TPSA) is 40.6 Å². The lowest BCUT2D eigenvalue weighted by Gasteiger charge is -2.22. The predicted molar refractivity (Wildman–Crippen MR) is 434 cm³/mol. The first-order valence-corrected chi connectivity index (χ1v) is 36.2. The van der Waals surface area contributed by atoms with Crippen LogP contribution in [-0.2, 0) is 5.41 Å². The molecule has 15 aromatic carbocycles. The smallest absolute Gasteiger partial charge is 0.235 e. The SMILES string of the molecule is CC1(C)c2cc(-c3cccc(-c4ccc(-n5c6ccccc6c6cc(-c7ccc8c(c7)c7ccccc7n8-c7nccc(-c8cccc(-c9ccc(-c%10ccccc%10)cc9)c8)n7)ccc65)cc4)c3)ccc2-c2ccc(-c3ccc4sc5ccc(-n6c7ccccc7c7ccccc76)cc5c4c3)cc21. The number of benzene rings is 15. The van der Waals surface area contributed by atoms with Gasteiger partial charge in [0.05, 0.1) is 38.8 Å². The van der Waals surface area contributed by atoms with Crippen molar-refractivity contribution in [1.82, 2.24) is 23.7 Å². The summed E-state index contributed by atoms with van der Waals surface area (Å²) in [5.41, 5.74) is 30.6. The van der Waals surface area contributed by atoms with Crippen molar-refractivity contribution >= 4 is 96.9 Å². The van der Waals surface area contributed by atoms with Crippen LogP contribution < -0.4 is 0 Å². The van der Waals surface area contributed by atoms with E-state index in [9.17, 15) is 0 Å². The number of rotatable bonds is 10. The third-order valence-corrected chi connectivity index (χ3v) is 23.1. The fourth-order valence-corrected chi connectivity index (χ4v) is 17.9. The molecule has 1 aliphatic rings. The van der Waals surface area contributed by atoms with Gasteiger partial charge >= 0.3 is 0 Å². The summed E-state index contributed by atoms with van der Waals surface area (Å²) in [7, 11) is 0. The molecule has 0 amide bonds. The number of thiophene rings is 1. The number of para-hydroxylation sites is 4. The van der Waals surface area contributed by atoms with Crippen molar-refractivity contribution in [3.8, 4) is 106 Å². The van der Waals surface area contributed by atoms with Gasteiger partial charge in [-0.1, -0.05) is 232 Å². The molecule has 0 radical (unpaired) electrons. The fourth-order valence-electron chi connectivity index (χ4n) is 16.8. The molecule has 0 unspecified atom stereocenters. The zero-order valence-electron chi connectivity index (χ0n) is 56.6. The van der Waals surface area contributed by atoms with Gasteiger partial charge in [-0.2, -0.15) is 0 Å². The minimum absolute atomic E-state index is 0.203. The van der Waals surface area contributed by atoms with Gasteiger partial charge in [0.1, 0.15) is 0 Å². The molecule has 0 spiro atoms. The van der Waals surface area contributed by atoms with E-state index < -0.39 is 0 Å². The van der Waals surface area contributed by atoms with Crippen molar-refractivity contribution in [3.05, 3.63) is 357 Å². The molecule has 0 bridgehead atoms. The van der Waals surface area contributed by atoms with Crippen LogP contribution in [0.4, 0.5) is 0 Å². The normalized spacial score (nSPS) is 12.6. The fraction of sp³-hybridized carbons (Fsp3) is 0.0309. The second-order valence-electron chi connectivity index (χ2n) is 28.1. The first kappa shape index (κ1) is 58.9. The second kappa shape index (κ2) is 23.0. The predicted octanol–water partition coefficient (Wildman–Crippen LogP) is 26.1. The van der Waals surface area contributed by atoms with Crippen LogP contribution in [0.5, 0.6) is 0 Å². The molecule has 21 rings (SSSR count). The van der Waals surface area contributed by atoms with Crippen LogP contribution in [0.1, 0.15) is 25.0 Å². The molecule has 103 heavy (non-hydrogen) atoms. The number of fused-ring (bicyclic) bond motifs is 15. The molecular weight excluding hydrogens is 1270 g/mol. The highest BCUT2D eigenvalue weighted by molar-refractivity contribution is 7.25. The summed E-state index contributed by atoms with van der Waals surface area (Å²) < 4.78 is 9.66. The molecule has 5 aromatic heterocycles. The zero-order valence-corrected chi connectivity index (χ0v) is 57.4. The Kier molecular flexibility index (Phi) is 13.2. The van der Waals surface area contributed by atoms with Gasteiger partial charge in [0, 0.05) is 81.0 Å². The summed E-state index contributed by atoms with van der Waals surface area (Å²) in [5.74, 6) is 0.635. The third-order valence-electron chi connectivity index (χ3n) is 22.0. The largest absolute Gasteiger partial charge is 0.309 e. The Hall–Kier alpha value is -13.0. The van der Waals surface area contributed by atoms with E-state index in [1.54, 1.807) is 0 Å². The average Bonchev–Trinajstić information content (AvgIpc) is 1.59. The Labute approximate surface area is 599 Å². The van der Waals surface area contributed by atoms with Crippen LogP contribution >= 0.6 is 11.3 Å². The van der Waals surface area contributed by atoms with Crippen molar-refractivity contribution in [2.75, 3.05) is 0 Å². The summed E-state index contributed by atoms with van der Waals surface area (Å²) in [6.45, 7) is 4.80. The number of aromatic nitrogens is 5. The summed E-state index contributed by atoms with van der Waals surface area (Å²) in [5, 5.41) is 9.88. The Balaban J connectivity index is 0.553. The molecule has 0 N–H and O–H groups in total. The molecule has 482 valence electrons. The molecule has 0 aliphatic heterocycles. The van der Waals surface area contributed by atoms with Crippen LogP contribution in [0, 0.1) is 0 Å². The van der Waals surface area contributed by atoms with Crippen molar-refractivity contribution in [2.45, 2.75) is 19.3 Å². The van der Waals surface area contributed by atoms with Gasteiger partial charge in [-0.15, -0.1) is 11.3 Å². The molecule has 5 heterocycles. The second-order valence-corrected chi connectivity index (χ2v) is 29.2. The minimum Gasteiger partial charge on any atom is -0.309 e. The lowest BCUT2D eigenvalue weighted by Crippen LogP contribution is -2.15. The molecule has 1 aliphatic carbocycles. The zero-order chi connectivity index (χ0) is 68.0. The molecule has 20 aromatic rings. The Morgan fingerprint density at radius 1 is 0.252 bits per heavy atom. The van der Waals surface area contributed by atoms with E-state index in [0.29, 0.717) is 5.95 Å². The van der Waals surface area contributed by atoms with Crippen molar-refractivity contribution in [3.63, 3.8) is 0 Å². The van der Waals surface area contributed by atoms with Crippen LogP contribution in [0.2, 0.25) is 0 Å². The molecule has 0 fully saturated rings. The number of hydrogen-bond donors (Lipinski definition) is 0. The summed E-state index contributed by atoms with van der Waals surface area (Å²) in [4.78, 5) is 10.2. The molecular formula is C97H63N5S. The van der Waals surface area contributed by atoms with Gasteiger partial charge in [-0.25, -0.2) is 9.97 Å². The van der Waals surface area contributed by atoms with E-state index in [-0.39, 0.29) is 5.41 Å². The third kappa shape index (κ3) is 9.45. The van der Waals surface area contributed by atoms with Gasteiger partial charge in [0.2, 0.25) is 5.95 Å². The summed E-state index contributed by atoms with van der Waals surface area (Å²) in [6, 6.07) is 125. The van der Waals surface area contributed by atoms with E-state index in [0.717, 1.165) is 66.5 Å². The van der Waals surface area contributed by atoms with Crippen LogP contribution in [0.25, 0.3) is 192 Å². The Bertz CT molecular complexity index is 6830. The monoisotopic (exact) mass is 1330 g/mol. The minimum atomic E-state index is -0.203. The van der Waals surface area contributed by atoms with Crippen LogP contribution in [-0.4, -0.2) is 23.7 Å². The molecule has 5 nitrogen and oxygen atoms in total. The molecule has 0 saturated carbocycles. The first-order chi connectivity index (χ1) is 50.8. The van der Waals surface area contributed by atoms with Crippen LogP contribution in [0.3, 0.4) is 0 Å². The van der Waals surface area contributed by atoms with Crippen molar-refractivity contribution in [2.24, 2.45) is 0 Å². The van der Waals surface area contributed by atoms with E-state index in [1.807, 2.05) is 23.6 Å². The standard InChI is InChI=1S/C97H63N5S/c1-97(2)85-57-70(36-44-75(85)76-45-37-71(58-86(76)97)69-40-48-94-83(56-69)84-59-74(43-49-95(84)103-94)101-88-26-10-6-22-77(88)78-23-7-11-27-89(78)101)66-20-14-18-64(52-66)63-34-41-73(42-35-63)100-90-28-12-8-24-79(90)81-54-67(38-46-92(81)100)68-39-47-93-82(55-68)80-25-9-13-29-91(80)102(93)96-98-51-50-87(99-96)72-21-15-19-65(53-72)62-32-30-61(31-33-62)60-16-4-3-5-17-60/h3-59H,1-2H3. The highest BCUT2D eigenvalue weighted by atomic mass is 32.1. The highest BCUT2D eigenvalue weighted by Crippen LogP contribution is 2.52. The number of hydrogen-bond acceptors (Lipinski definition) is 3. The van der Waals surface area contributed by atoms with Gasteiger partial charge in [0.25, 0.3) is 0 Å². The van der Waals surface area contributed by atoms with Crippen LogP contribution in [0.15, 0.2) is 346 Å². The van der Waals surface area contributed by atoms with Gasteiger partial charge < -0.3 is 9.13 Å². The van der Waals surface area contributed by atoms with E-state index in [2.05, 4.69) is 361 Å². The van der Waals surface area contributed by atoms with Crippen molar-refractivity contribution < 1.29 is 0 Å². The quantitative estimate of drug-likeness (QED) is 0.137. The van der Waals surface area contributed by atoms with E-state index >= 15 is 0 Å². The van der Waals surface area contributed by atoms with Gasteiger partial charge in [0.15, 0.2) is 0 Å². The summed E-state index contributed by atoms with van der Waals surface area (Å²) >= 11 is 1.88. The van der Waals surface area contributed by atoms with Gasteiger partial charge in [-0.05, 0) is 210 Å². The maximum Gasteiger partial charge on any atom is 0.235 e. The van der Waals surface area contributed by atoms with E-state index in [4.69, 9.17) is 9.97 Å². The summed E-state index contributed by atoms with van der Waals surface area (Å²) in [6.07, 6.45) is 1.88. The Morgan fingerprint density at radius 3 is 1.19 bits per heavy atom. The Morgan fingerprint density at radius 2 is 0.612 bits per heavy atom. The lowest BCUT2D eigenvalue weighted by molar-refractivity contribution is 0.661. The highest BCUT2D eigenvalue weighted by Gasteiger charge is 2.36. The maximum atomic E-state index is 5.28. The molecule has 0 saturated heterocycles. The maximum absolute atomic E-state index is 5.28. The lowest BCUT2D eigenvalue weighted by atomic mass is 9.80. The molecule has 6 heteroatoms. The average molecular weight is 1330 g/mol. The van der Waals surface area contributed by atoms with Crippen molar-refractivity contribution in [1.29, 1.82) is 0 Å². The molecule has 0 atom stereocenters.